The number of hydrogen-bond donors (Lipinski definition) is 1. The number of rotatable bonds is 6. The first-order valence-corrected chi connectivity index (χ1v) is 7.29. The van der Waals surface area contributed by atoms with Crippen LogP contribution in [-0.2, 0) is 6.42 Å². The van der Waals surface area contributed by atoms with Gasteiger partial charge >= 0.3 is 5.97 Å². The van der Waals surface area contributed by atoms with E-state index in [4.69, 9.17) is 4.74 Å². The Morgan fingerprint density at radius 2 is 1.67 bits per heavy atom. The Morgan fingerprint density at radius 3 is 2.29 bits per heavy atom. The fraction of sp³-hybridized carbons (Fsp3) is 0.278. The van der Waals surface area contributed by atoms with Crippen molar-refractivity contribution < 1.29 is 14.6 Å². The van der Waals surface area contributed by atoms with E-state index < -0.39 is 0 Å². The molecule has 0 saturated heterocycles. The number of esters is 1. The first-order chi connectivity index (χ1) is 10.2. The molecule has 0 unspecified atom stereocenters. The summed E-state index contributed by atoms with van der Waals surface area (Å²) in [5.41, 5.74) is 1.77. The van der Waals surface area contributed by atoms with Crippen molar-refractivity contribution in [1.29, 1.82) is 0 Å². The molecule has 21 heavy (non-hydrogen) atoms. The van der Waals surface area contributed by atoms with Crippen LogP contribution in [0.3, 0.4) is 0 Å². The van der Waals surface area contributed by atoms with Crippen molar-refractivity contribution in [3.05, 3.63) is 59.7 Å². The normalized spacial score (nSPS) is 10.3. The zero-order chi connectivity index (χ0) is 15.1. The summed E-state index contributed by atoms with van der Waals surface area (Å²) in [6, 6.07) is 13.6. The lowest BCUT2D eigenvalue weighted by Crippen LogP contribution is -2.08. The van der Waals surface area contributed by atoms with Gasteiger partial charge < -0.3 is 9.84 Å². The van der Waals surface area contributed by atoms with Gasteiger partial charge in [0.1, 0.15) is 11.5 Å². The monoisotopic (exact) mass is 284 g/mol. The van der Waals surface area contributed by atoms with E-state index >= 15 is 0 Å². The summed E-state index contributed by atoms with van der Waals surface area (Å²) >= 11 is 0. The Kier molecular flexibility index (Phi) is 5.38. The number of phenolic OH excluding ortho intramolecular Hbond substituents is 1. The molecular formula is C18H20O3. The van der Waals surface area contributed by atoms with E-state index in [2.05, 4.69) is 6.92 Å². The summed E-state index contributed by atoms with van der Waals surface area (Å²) in [6.07, 6.45) is 4.65. The number of hydrogen-bond acceptors (Lipinski definition) is 3. The first-order valence-electron chi connectivity index (χ1n) is 7.29. The number of benzene rings is 2. The Hall–Kier alpha value is -2.29. The molecule has 2 rings (SSSR count). The van der Waals surface area contributed by atoms with Crippen LogP contribution < -0.4 is 4.74 Å². The van der Waals surface area contributed by atoms with Crippen molar-refractivity contribution in [3.8, 4) is 11.5 Å². The predicted molar refractivity (Wildman–Crippen MR) is 82.7 cm³/mol. The van der Waals surface area contributed by atoms with Gasteiger partial charge in [0.05, 0.1) is 5.56 Å². The summed E-state index contributed by atoms with van der Waals surface area (Å²) < 4.78 is 5.24. The second-order valence-electron chi connectivity index (χ2n) is 5.04. The molecule has 0 heterocycles. The van der Waals surface area contributed by atoms with Crippen LogP contribution >= 0.6 is 0 Å². The smallest absolute Gasteiger partial charge is 0.343 e. The van der Waals surface area contributed by atoms with Gasteiger partial charge in [-0.05, 0) is 54.8 Å². The fourth-order valence-electron chi connectivity index (χ4n) is 2.07. The van der Waals surface area contributed by atoms with Crippen molar-refractivity contribution >= 4 is 5.97 Å². The molecule has 110 valence electrons. The van der Waals surface area contributed by atoms with E-state index in [-0.39, 0.29) is 11.7 Å². The van der Waals surface area contributed by atoms with Gasteiger partial charge in [-0.2, -0.15) is 0 Å². The lowest BCUT2D eigenvalue weighted by molar-refractivity contribution is 0.0734. The zero-order valence-corrected chi connectivity index (χ0v) is 12.2. The highest BCUT2D eigenvalue weighted by Crippen LogP contribution is 2.17. The lowest BCUT2D eigenvalue weighted by atomic mass is 10.1. The summed E-state index contributed by atoms with van der Waals surface area (Å²) in [4.78, 5) is 12.0. The number of ether oxygens (including phenoxy) is 1. The molecule has 0 atom stereocenters. The minimum atomic E-state index is -0.388. The molecule has 0 saturated carbocycles. The quantitative estimate of drug-likeness (QED) is 0.487. The van der Waals surface area contributed by atoms with Crippen LogP contribution in [-0.4, -0.2) is 11.1 Å². The largest absolute Gasteiger partial charge is 0.508 e. The molecular weight excluding hydrogens is 264 g/mol. The van der Waals surface area contributed by atoms with Gasteiger partial charge in [0.2, 0.25) is 0 Å². The third kappa shape index (κ3) is 4.63. The second kappa shape index (κ2) is 7.48. The van der Waals surface area contributed by atoms with Crippen LogP contribution in [0.4, 0.5) is 0 Å². The standard InChI is InChI=1S/C18H20O3/c1-2-3-4-5-14-6-8-15(9-7-14)18(20)21-17-12-10-16(19)11-13-17/h6-13,19H,2-5H2,1H3. The number of unbranched alkanes of at least 4 members (excludes halogenated alkanes) is 2. The van der Waals surface area contributed by atoms with Crippen LogP contribution in [0.25, 0.3) is 0 Å². The predicted octanol–water partition coefficient (Wildman–Crippen LogP) is 4.34. The van der Waals surface area contributed by atoms with E-state index in [0.717, 1.165) is 6.42 Å². The molecule has 0 aliphatic heterocycles. The molecule has 1 N–H and O–H groups in total. The van der Waals surface area contributed by atoms with Crippen molar-refractivity contribution in [2.75, 3.05) is 0 Å². The average Bonchev–Trinajstić information content (AvgIpc) is 2.50. The molecule has 2 aromatic rings. The SMILES string of the molecule is CCCCCc1ccc(C(=O)Oc2ccc(O)cc2)cc1. The van der Waals surface area contributed by atoms with Crippen LogP contribution in [0.5, 0.6) is 11.5 Å². The Morgan fingerprint density at radius 1 is 1.00 bits per heavy atom. The third-order valence-corrected chi connectivity index (χ3v) is 3.31. The van der Waals surface area contributed by atoms with Gasteiger partial charge in [-0.15, -0.1) is 0 Å². The lowest BCUT2D eigenvalue weighted by Gasteiger charge is -2.05. The Bertz CT molecular complexity index is 570. The van der Waals surface area contributed by atoms with Crippen LogP contribution in [0.1, 0.15) is 42.1 Å². The maximum absolute atomic E-state index is 12.0. The topological polar surface area (TPSA) is 46.5 Å². The van der Waals surface area contributed by atoms with Crippen molar-refractivity contribution in [2.45, 2.75) is 32.6 Å². The fourth-order valence-corrected chi connectivity index (χ4v) is 2.07. The minimum Gasteiger partial charge on any atom is -0.508 e. The molecule has 0 radical (unpaired) electrons. The first kappa shape index (κ1) is 15.1. The number of carbonyl (C=O) groups is 1. The van der Waals surface area contributed by atoms with Gasteiger partial charge in [0.25, 0.3) is 0 Å². The van der Waals surface area contributed by atoms with Crippen molar-refractivity contribution in [2.24, 2.45) is 0 Å². The molecule has 0 aromatic heterocycles. The van der Waals surface area contributed by atoms with E-state index in [1.165, 1.54) is 37.0 Å². The average molecular weight is 284 g/mol. The number of aryl methyl sites for hydroxylation is 1. The van der Waals surface area contributed by atoms with Crippen molar-refractivity contribution in [3.63, 3.8) is 0 Å². The van der Waals surface area contributed by atoms with Gasteiger partial charge in [-0.25, -0.2) is 4.79 Å². The molecule has 0 aliphatic rings. The van der Waals surface area contributed by atoms with E-state index in [9.17, 15) is 9.90 Å². The highest BCUT2D eigenvalue weighted by molar-refractivity contribution is 5.91. The molecule has 0 aliphatic carbocycles. The highest BCUT2D eigenvalue weighted by atomic mass is 16.5. The molecule has 0 spiro atoms. The van der Waals surface area contributed by atoms with Gasteiger partial charge in [-0.3, -0.25) is 0 Å². The second-order valence-corrected chi connectivity index (χ2v) is 5.04. The highest BCUT2D eigenvalue weighted by Gasteiger charge is 2.08. The molecule has 2 aromatic carbocycles. The Balaban J connectivity index is 1.94. The summed E-state index contributed by atoms with van der Waals surface area (Å²) in [7, 11) is 0. The minimum absolute atomic E-state index is 0.145. The molecule has 0 bridgehead atoms. The maximum atomic E-state index is 12.0. The zero-order valence-electron chi connectivity index (χ0n) is 12.2. The summed E-state index contributed by atoms with van der Waals surface area (Å²) in [5.74, 6) is 0.178. The van der Waals surface area contributed by atoms with Crippen LogP contribution in [0.15, 0.2) is 48.5 Å². The number of carbonyl (C=O) groups excluding carboxylic acids is 1. The molecule has 0 amide bonds. The summed E-state index contributed by atoms with van der Waals surface area (Å²) in [6.45, 7) is 2.18. The van der Waals surface area contributed by atoms with Gasteiger partial charge in [0, 0.05) is 0 Å². The molecule has 3 heteroatoms. The van der Waals surface area contributed by atoms with Crippen LogP contribution in [0.2, 0.25) is 0 Å². The summed E-state index contributed by atoms with van der Waals surface area (Å²) in [5, 5.41) is 9.19. The van der Waals surface area contributed by atoms with Gasteiger partial charge in [-0.1, -0.05) is 31.9 Å². The van der Waals surface area contributed by atoms with E-state index in [1.807, 2.05) is 12.1 Å². The molecule has 0 fully saturated rings. The molecule has 3 nitrogen and oxygen atoms in total. The van der Waals surface area contributed by atoms with Gasteiger partial charge in [0.15, 0.2) is 0 Å². The third-order valence-electron chi connectivity index (χ3n) is 3.31. The van der Waals surface area contributed by atoms with Crippen LogP contribution in [0, 0.1) is 0 Å². The van der Waals surface area contributed by atoms with E-state index in [0.29, 0.717) is 11.3 Å². The maximum Gasteiger partial charge on any atom is 0.343 e. The Labute approximate surface area is 125 Å². The van der Waals surface area contributed by atoms with E-state index in [1.54, 1.807) is 24.3 Å². The number of phenols is 1. The number of aromatic hydroxyl groups is 1. The van der Waals surface area contributed by atoms with Crippen molar-refractivity contribution in [1.82, 2.24) is 0 Å².